The third-order valence-corrected chi connectivity index (χ3v) is 5.71. The molecule has 7 nitrogen and oxygen atoms in total. The highest BCUT2D eigenvalue weighted by molar-refractivity contribution is 7.91. The Morgan fingerprint density at radius 2 is 2.08 bits per heavy atom. The van der Waals surface area contributed by atoms with Crippen LogP contribution < -0.4 is 15.4 Å². The average Bonchev–Trinajstić information content (AvgIpc) is 2.94. The average molecular weight is 361 g/mol. The van der Waals surface area contributed by atoms with E-state index in [1.54, 1.807) is 19.2 Å². The number of nitrogens with zero attached hydrogens (tertiary/aromatic N) is 1. The highest BCUT2D eigenvalue weighted by atomic mass is 32.2. The monoisotopic (exact) mass is 361 g/mol. The van der Waals surface area contributed by atoms with Gasteiger partial charge in [-0.2, -0.15) is 0 Å². The van der Waals surface area contributed by atoms with E-state index in [1.807, 2.05) is 24.3 Å². The molecule has 0 spiro atoms. The summed E-state index contributed by atoms with van der Waals surface area (Å²) in [5.41, 5.74) is 1.68. The van der Waals surface area contributed by atoms with Crippen LogP contribution in [0.4, 0.5) is 11.4 Å². The SMILES string of the molecule is COc1ccccc1Nc1ccnc(C(=O)NC2CCS(=O)(=O)C2)c1. The Kier molecular flexibility index (Phi) is 4.89. The highest BCUT2D eigenvalue weighted by Gasteiger charge is 2.29. The Labute approximate surface area is 146 Å². The van der Waals surface area contributed by atoms with Crippen molar-refractivity contribution in [3.8, 4) is 5.75 Å². The first-order valence-electron chi connectivity index (χ1n) is 7.84. The molecule has 1 amide bonds. The fraction of sp³-hybridized carbons (Fsp3) is 0.294. The van der Waals surface area contributed by atoms with Crippen LogP contribution in [0.5, 0.6) is 5.75 Å². The summed E-state index contributed by atoms with van der Waals surface area (Å²) >= 11 is 0. The second-order valence-electron chi connectivity index (χ2n) is 5.83. The van der Waals surface area contributed by atoms with Crippen LogP contribution >= 0.6 is 0 Å². The number of nitrogens with one attached hydrogen (secondary N) is 2. The molecule has 0 saturated carbocycles. The topological polar surface area (TPSA) is 97.4 Å². The zero-order valence-corrected chi connectivity index (χ0v) is 14.5. The molecule has 8 heteroatoms. The number of anilines is 2. The van der Waals surface area contributed by atoms with Crippen molar-refractivity contribution < 1.29 is 17.9 Å². The predicted molar refractivity (Wildman–Crippen MR) is 95.0 cm³/mol. The van der Waals surface area contributed by atoms with Crippen LogP contribution in [0.15, 0.2) is 42.6 Å². The molecule has 1 atom stereocenters. The van der Waals surface area contributed by atoms with Gasteiger partial charge < -0.3 is 15.4 Å². The molecule has 0 radical (unpaired) electrons. The quantitative estimate of drug-likeness (QED) is 0.842. The maximum atomic E-state index is 12.3. The van der Waals surface area contributed by atoms with E-state index in [4.69, 9.17) is 4.74 Å². The summed E-state index contributed by atoms with van der Waals surface area (Å²) in [5.74, 6) is 0.394. The number of benzene rings is 1. The molecule has 1 aromatic heterocycles. The van der Waals surface area contributed by atoms with E-state index in [2.05, 4.69) is 15.6 Å². The minimum atomic E-state index is -3.04. The molecule has 1 unspecified atom stereocenters. The lowest BCUT2D eigenvalue weighted by atomic mass is 10.2. The summed E-state index contributed by atoms with van der Waals surface area (Å²) in [7, 11) is -1.46. The summed E-state index contributed by atoms with van der Waals surface area (Å²) in [6.07, 6.45) is 1.96. The van der Waals surface area contributed by atoms with Gasteiger partial charge in [0.1, 0.15) is 11.4 Å². The first-order valence-corrected chi connectivity index (χ1v) is 9.66. The second-order valence-corrected chi connectivity index (χ2v) is 8.06. The van der Waals surface area contributed by atoms with Crippen LogP contribution in [-0.2, 0) is 9.84 Å². The molecular formula is C17H19N3O4S. The lowest BCUT2D eigenvalue weighted by Crippen LogP contribution is -2.36. The van der Waals surface area contributed by atoms with Crippen molar-refractivity contribution in [3.05, 3.63) is 48.3 Å². The van der Waals surface area contributed by atoms with Crippen molar-refractivity contribution >= 4 is 27.1 Å². The van der Waals surface area contributed by atoms with Gasteiger partial charge in [0.05, 0.1) is 24.3 Å². The van der Waals surface area contributed by atoms with E-state index >= 15 is 0 Å². The van der Waals surface area contributed by atoms with Gasteiger partial charge in [-0.1, -0.05) is 12.1 Å². The van der Waals surface area contributed by atoms with Crippen molar-refractivity contribution in [2.75, 3.05) is 23.9 Å². The number of carbonyl (C=O) groups excluding carboxylic acids is 1. The standard InChI is InChI=1S/C17H19N3O4S/c1-24-16-5-3-2-4-14(16)19-12-6-8-18-15(10-12)17(21)20-13-7-9-25(22,23)11-13/h2-6,8,10,13H,7,9,11H2,1H3,(H,18,19)(H,20,21). The van der Waals surface area contributed by atoms with Crippen molar-refractivity contribution in [3.63, 3.8) is 0 Å². The molecular weight excluding hydrogens is 342 g/mol. The van der Waals surface area contributed by atoms with Gasteiger partial charge in [-0.05, 0) is 30.7 Å². The molecule has 132 valence electrons. The van der Waals surface area contributed by atoms with Gasteiger partial charge >= 0.3 is 0 Å². The molecule has 1 aromatic carbocycles. The number of ether oxygens (including phenoxy) is 1. The highest BCUT2D eigenvalue weighted by Crippen LogP contribution is 2.27. The Bertz CT molecular complexity index is 883. The smallest absolute Gasteiger partial charge is 0.270 e. The van der Waals surface area contributed by atoms with Gasteiger partial charge in [0.2, 0.25) is 0 Å². The van der Waals surface area contributed by atoms with Crippen molar-refractivity contribution in [1.82, 2.24) is 10.3 Å². The van der Waals surface area contributed by atoms with Gasteiger partial charge in [-0.3, -0.25) is 9.78 Å². The van der Waals surface area contributed by atoms with Gasteiger partial charge in [0.15, 0.2) is 9.84 Å². The number of carbonyl (C=O) groups is 1. The number of pyridine rings is 1. The van der Waals surface area contributed by atoms with Crippen molar-refractivity contribution in [2.24, 2.45) is 0 Å². The normalized spacial score (nSPS) is 18.5. The molecule has 1 fully saturated rings. The van der Waals surface area contributed by atoms with Crippen LogP contribution in [0.2, 0.25) is 0 Å². The first kappa shape index (κ1) is 17.2. The summed E-state index contributed by atoms with van der Waals surface area (Å²) in [4.78, 5) is 16.4. The summed E-state index contributed by atoms with van der Waals surface area (Å²) in [6.45, 7) is 0. The van der Waals surface area contributed by atoms with E-state index in [9.17, 15) is 13.2 Å². The minimum Gasteiger partial charge on any atom is -0.495 e. The van der Waals surface area contributed by atoms with Crippen LogP contribution in [0.25, 0.3) is 0 Å². The number of sulfone groups is 1. The largest absolute Gasteiger partial charge is 0.495 e. The maximum absolute atomic E-state index is 12.3. The van der Waals surface area contributed by atoms with Crippen LogP contribution in [-0.4, -0.2) is 44.0 Å². The van der Waals surface area contributed by atoms with Gasteiger partial charge in [-0.15, -0.1) is 0 Å². The number of para-hydroxylation sites is 2. The third-order valence-electron chi connectivity index (χ3n) is 3.95. The van der Waals surface area contributed by atoms with Crippen LogP contribution in [0.3, 0.4) is 0 Å². The zero-order chi connectivity index (χ0) is 17.9. The number of amides is 1. The molecule has 2 heterocycles. The number of rotatable bonds is 5. The van der Waals surface area contributed by atoms with Gasteiger partial charge in [0, 0.05) is 17.9 Å². The predicted octanol–water partition coefficient (Wildman–Crippen LogP) is 1.75. The van der Waals surface area contributed by atoms with E-state index in [-0.39, 0.29) is 29.1 Å². The molecule has 1 aliphatic heterocycles. The maximum Gasteiger partial charge on any atom is 0.270 e. The van der Waals surface area contributed by atoms with Crippen LogP contribution in [0.1, 0.15) is 16.9 Å². The number of aromatic nitrogens is 1. The van der Waals surface area contributed by atoms with E-state index in [1.165, 1.54) is 6.20 Å². The molecule has 25 heavy (non-hydrogen) atoms. The van der Waals surface area contributed by atoms with Gasteiger partial charge in [-0.25, -0.2) is 8.42 Å². The summed E-state index contributed by atoms with van der Waals surface area (Å²) in [5, 5.41) is 5.92. The lowest BCUT2D eigenvalue weighted by molar-refractivity contribution is 0.0936. The molecule has 1 aliphatic rings. The fourth-order valence-corrected chi connectivity index (χ4v) is 4.38. The Hall–Kier alpha value is -2.61. The molecule has 1 saturated heterocycles. The Morgan fingerprint density at radius 1 is 1.28 bits per heavy atom. The summed E-state index contributed by atoms with van der Waals surface area (Å²) < 4.78 is 28.3. The Balaban J connectivity index is 1.72. The minimum absolute atomic E-state index is 0.0160. The van der Waals surface area contributed by atoms with Crippen molar-refractivity contribution in [1.29, 1.82) is 0 Å². The summed E-state index contributed by atoms with van der Waals surface area (Å²) in [6, 6.07) is 10.4. The molecule has 3 rings (SSSR count). The van der Waals surface area contributed by atoms with Crippen LogP contribution in [0, 0.1) is 0 Å². The van der Waals surface area contributed by atoms with Gasteiger partial charge in [0.25, 0.3) is 5.91 Å². The second kappa shape index (κ2) is 7.10. The third kappa shape index (κ3) is 4.27. The fourth-order valence-electron chi connectivity index (χ4n) is 2.70. The zero-order valence-electron chi connectivity index (χ0n) is 13.7. The van der Waals surface area contributed by atoms with E-state index in [0.29, 0.717) is 17.9 Å². The molecule has 0 aliphatic carbocycles. The Morgan fingerprint density at radius 3 is 2.80 bits per heavy atom. The number of hydrogen-bond donors (Lipinski definition) is 2. The van der Waals surface area contributed by atoms with Crippen molar-refractivity contribution in [2.45, 2.75) is 12.5 Å². The number of hydrogen-bond acceptors (Lipinski definition) is 6. The van der Waals surface area contributed by atoms with E-state index < -0.39 is 9.84 Å². The number of methoxy groups -OCH3 is 1. The molecule has 2 N–H and O–H groups in total. The molecule has 0 bridgehead atoms. The molecule has 2 aromatic rings. The lowest BCUT2D eigenvalue weighted by Gasteiger charge is -2.13. The first-order chi connectivity index (χ1) is 12.0. The van der Waals surface area contributed by atoms with E-state index in [0.717, 1.165) is 5.69 Å².